The van der Waals surface area contributed by atoms with Crippen molar-refractivity contribution in [3.05, 3.63) is 0 Å². The topological polar surface area (TPSA) is 78.4 Å². The van der Waals surface area contributed by atoms with E-state index in [0.29, 0.717) is 18.9 Å². The Kier molecular flexibility index (Phi) is 6.84. The number of rotatable bonds is 10. The Hall–Kier alpha value is -1.10. The van der Waals surface area contributed by atoms with Crippen LogP contribution in [0.5, 0.6) is 0 Å². The van der Waals surface area contributed by atoms with Crippen LogP contribution in [0.4, 0.5) is 0 Å². The number of hydrogen-bond acceptors (Lipinski definition) is 3. The number of carboxylic acid groups (broad SMARTS) is 1. The second-order valence-corrected chi connectivity index (χ2v) is 5.62. The average Bonchev–Trinajstić information content (AvgIpc) is 3.12. The van der Waals surface area contributed by atoms with E-state index in [1.54, 1.807) is 6.92 Å². The van der Waals surface area contributed by atoms with Gasteiger partial charge in [0, 0.05) is 25.0 Å². The molecule has 0 aromatic heterocycles. The van der Waals surface area contributed by atoms with E-state index in [9.17, 15) is 9.59 Å². The Morgan fingerprint density at radius 2 is 1.95 bits per heavy atom. The van der Waals surface area contributed by atoms with Crippen LogP contribution in [0.3, 0.4) is 0 Å². The van der Waals surface area contributed by atoms with Crippen molar-refractivity contribution in [3.63, 3.8) is 0 Å². The summed E-state index contributed by atoms with van der Waals surface area (Å²) in [6.45, 7) is 4.44. The van der Waals surface area contributed by atoms with E-state index >= 15 is 0 Å². The Morgan fingerprint density at radius 1 is 1.26 bits per heavy atom. The van der Waals surface area contributed by atoms with Crippen molar-refractivity contribution in [2.24, 2.45) is 5.92 Å². The van der Waals surface area contributed by atoms with Crippen molar-refractivity contribution >= 4 is 11.9 Å². The number of aliphatic carboxylic acids is 1. The standard InChI is InChI=1S/C14H26N2O3/c1-10(14(18)19)4-3-5-11(2)16-13(17)8-9-15-12-6-7-12/h10-12,15H,3-9H2,1-2H3,(H,16,17)(H,18,19). The molecule has 0 saturated heterocycles. The highest BCUT2D eigenvalue weighted by molar-refractivity contribution is 5.76. The summed E-state index contributed by atoms with van der Waals surface area (Å²) in [6.07, 6.45) is 5.32. The molecule has 1 amide bonds. The van der Waals surface area contributed by atoms with Crippen molar-refractivity contribution in [2.75, 3.05) is 6.54 Å². The van der Waals surface area contributed by atoms with Gasteiger partial charge in [0.15, 0.2) is 0 Å². The Bertz CT molecular complexity index is 303. The molecular formula is C14H26N2O3. The number of amides is 1. The molecule has 5 heteroatoms. The quantitative estimate of drug-likeness (QED) is 0.562. The van der Waals surface area contributed by atoms with Crippen LogP contribution in [-0.2, 0) is 9.59 Å². The van der Waals surface area contributed by atoms with E-state index < -0.39 is 5.97 Å². The minimum absolute atomic E-state index is 0.0759. The maximum atomic E-state index is 11.6. The van der Waals surface area contributed by atoms with Crippen molar-refractivity contribution in [2.45, 2.75) is 64.5 Å². The van der Waals surface area contributed by atoms with Gasteiger partial charge in [-0.3, -0.25) is 9.59 Å². The maximum absolute atomic E-state index is 11.6. The van der Waals surface area contributed by atoms with Crippen LogP contribution >= 0.6 is 0 Å². The third-order valence-electron chi connectivity index (χ3n) is 3.47. The van der Waals surface area contributed by atoms with Gasteiger partial charge in [0.05, 0.1) is 5.92 Å². The molecule has 0 radical (unpaired) electrons. The summed E-state index contributed by atoms with van der Waals surface area (Å²) in [7, 11) is 0. The number of carbonyl (C=O) groups is 2. The second-order valence-electron chi connectivity index (χ2n) is 5.62. The molecule has 1 fully saturated rings. The molecule has 0 aromatic rings. The van der Waals surface area contributed by atoms with Gasteiger partial charge < -0.3 is 15.7 Å². The Labute approximate surface area is 115 Å². The van der Waals surface area contributed by atoms with E-state index in [1.807, 2.05) is 6.92 Å². The zero-order valence-electron chi connectivity index (χ0n) is 11.9. The molecule has 0 aromatic carbocycles. The summed E-state index contributed by atoms with van der Waals surface area (Å²) in [5, 5.41) is 15.0. The van der Waals surface area contributed by atoms with Gasteiger partial charge in [-0.25, -0.2) is 0 Å². The molecule has 0 spiro atoms. The molecule has 0 heterocycles. The summed E-state index contributed by atoms with van der Waals surface area (Å²) in [6, 6.07) is 0.761. The molecule has 2 atom stereocenters. The lowest BCUT2D eigenvalue weighted by molar-refractivity contribution is -0.141. The molecule has 3 N–H and O–H groups in total. The van der Waals surface area contributed by atoms with Crippen LogP contribution in [0.15, 0.2) is 0 Å². The Morgan fingerprint density at radius 3 is 2.53 bits per heavy atom. The first kappa shape index (κ1) is 16.0. The lowest BCUT2D eigenvalue weighted by Crippen LogP contribution is -2.34. The minimum Gasteiger partial charge on any atom is -0.481 e. The van der Waals surface area contributed by atoms with Crippen molar-refractivity contribution in [1.82, 2.24) is 10.6 Å². The molecule has 1 aliphatic rings. The van der Waals surface area contributed by atoms with Crippen molar-refractivity contribution in [1.29, 1.82) is 0 Å². The van der Waals surface area contributed by atoms with Gasteiger partial charge in [-0.1, -0.05) is 13.3 Å². The maximum Gasteiger partial charge on any atom is 0.306 e. The number of carbonyl (C=O) groups excluding carboxylic acids is 1. The van der Waals surface area contributed by atoms with E-state index in [2.05, 4.69) is 10.6 Å². The highest BCUT2D eigenvalue weighted by atomic mass is 16.4. The van der Waals surface area contributed by atoms with Crippen LogP contribution < -0.4 is 10.6 Å². The van der Waals surface area contributed by atoms with Gasteiger partial charge in [-0.2, -0.15) is 0 Å². The molecule has 2 unspecified atom stereocenters. The van der Waals surface area contributed by atoms with E-state index in [1.165, 1.54) is 12.8 Å². The zero-order valence-corrected chi connectivity index (χ0v) is 11.9. The molecule has 0 aliphatic heterocycles. The van der Waals surface area contributed by atoms with Crippen LogP contribution in [0.25, 0.3) is 0 Å². The van der Waals surface area contributed by atoms with E-state index in [4.69, 9.17) is 5.11 Å². The number of hydrogen-bond donors (Lipinski definition) is 3. The first-order chi connectivity index (χ1) is 8.99. The summed E-state index contributed by atoms with van der Waals surface area (Å²) in [5.41, 5.74) is 0. The zero-order chi connectivity index (χ0) is 14.3. The summed E-state index contributed by atoms with van der Waals surface area (Å²) in [4.78, 5) is 22.3. The molecule has 110 valence electrons. The van der Waals surface area contributed by atoms with Gasteiger partial charge >= 0.3 is 5.97 Å². The van der Waals surface area contributed by atoms with Gasteiger partial charge in [0.25, 0.3) is 0 Å². The smallest absolute Gasteiger partial charge is 0.306 e. The number of nitrogens with one attached hydrogen (secondary N) is 2. The first-order valence-corrected chi connectivity index (χ1v) is 7.24. The predicted molar refractivity (Wildman–Crippen MR) is 73.9 cm³/mol. The minimum atomic E-state index is -0.747. The van der Waals surface area contributed by atoms with Crippen LogP contribution in [0.2, 0.25) is 0 Å². The average molecular weight is 270 g/mol. The number of carboxylic acids is 1. The largest absolute Gasteiger partial charge is 0.481 e. The third-order valence-corrected chi connectivity index (χ3v) is 3.47. The summed E-state index contributed by atoms with van der Waals surface area (Å²) < 4.78 is 0. The fraction of sp³-hybridized carbons (Fsp3) is 0.857. The molecule has 5 nitrogen and oxygen atoms in total. The molecule has 1 rings (SSSR count). The van der Waals surface area contributed by atoms with Gasteiger partial charge in [0.2, 0.25) is 5.91 Å². The van der Waals surface area contributed by atoms with E-state index in [0.717, 1.165) is 19.4 Å². The lowest BCUT2D eigenvalue weighted by Gasteiger charge is -2.14. The first-order valence-electron chi connectivity index (χ1n) is 7.24. The van der Waals surface area contributed by atoms with Gasteiger partial charge in [-0.05, 0) is 32.6 Å². The summed E-state index contributed by atoms with van der Waals surface area (Å²) >= 11 is 0. The fourth-order valence-corrected chi connectivity index (χ4v) is 1.95. The molecular weight excluding hydrogens is 244 g/mol. The highest BCUT2D eigenvalue weighted by Crippen LogP contribution is 2.18. The summed E-state index contributed by atoms with van der Waals surface area (Å²) in [5.74, 6) is -0.972. The van der Waals surface area contributed by atoms with Gasteiger partial charge in [-0.15, -0.1) is 0 Å². The molecule has 19 heavy (non-hydrogen) atoms. The third kappa shape index (κ3) is 7.82. The normalized spacial score (nSPS) is 17.8. The molecule has 1 saturated carbocycles. The molecule has 1 aliphatic carbocycles. The highest BCUT2D eigenvalue weighted by Gasteiger charge is 2.20. The predicted octanol–water partition coefficient (Wildman–Crippen LogP) is 1.52. The van der Waals surface area contributed by atoms with Crippen LogP contribution in [0, 0.1) is 5.92 Å². The van der Waals surface area contributed by atoms with Crippen molar-refractivity contribution in [3.8, 4) is 0 Å². The van der Waals surface area contributed by atoms with E-state index in [-0.39, 0.29) is 17.9 Å². The monoisotopic (exact) mass is 270 g/mol. The second kappa shape index (κ2) is 8.15. The molecule has 0 bridgehead atoms. The van der Waals surface area contributed by atoms with Gasteiger partial charge in [0.1, 0.15) is 0 Å². The lowest BCUT2D eigenvalue weighted by atomic mass is 10.0. The van der Waals surface area contributed by atoms with Crippen LogP contribution in [0.1, 0.15) is 52.4 Å². The van der Waals surface area contributed by atoms with Crippen LogP contribution in [-0.4, -0.2) is 35.6 Å². The fourth-order valence-electron chi connectivity index (χ4n) is 1.95. The Balaban J connectivity index is 2.00. The van der Waals surface area contributed by atoms with Crippen molar-refractivity contribution < 1.29 is 14.7 Å². The SMILES string of the molecule is CC(CCCC(C)C(=O)O)NC(=O)CCNC1CC1.